The molecule has 0 saturated heterocycles. The Bertz CT molecular complexity index is 1120. The molecule has 4 aromatic rings. The number of aromatic nitrogens is 5. The molecule has 0 radical (unpaired) electrons. The number of phenolic OH excluding ortho intramolecular Hbond substituents is 1. The van der Waals surface area contributed by atoms with Crippen molar-refractivity contribution in [2.45, 2.75) is 6.61 Å². The molecule has 0 spiro atoms. The lowest BCUT2D eigenvalue weighted by molar-refractivity contribution is 0.104. The number of thiazole rings is 1. The van der Waals surface area contributed by atoms with Gasteiger partial charge in [-0.2, -0.15) is 5.21 Å². The molecule has 2 aromatic heterocycles. The van der Waals surface area contributed by atoms with E-state index in [0.29, 0.717) is 23.7 Å². The molecule has 2 N–H and O–H groups in total. The molecule has 144 valence electrons. The molecule has 0 amide bonds. The lowest BCUT2D eigenvalue weighted by Gasteiger charge is -2.04. The standard InChI is InChI=1S/C20H15N5O3S/c26-17(16-11-14(4-8-18(16)27)20-22-24-25-23-20)7-3-13-1-5-15(6-2-13)28-12-19-21-9-10-29-19/h1-11,27H,12H2,(H,22,23,24,25)/b7-3+. The molecule has 2 aromatic carbocycles. The van der Waals surface area contributed by atoms with E-state index in [4.69, 9.17) is 4.74 Å². The third-order valence-electron chi connectivity index (χ3n) is 4.02. The number of carbonyl (C=O) groups is 1. The van der Waals surface area contributed by atoms with Gasteiger partial charge in [-0.1, -0.05) is 18.2 Å². The summed E-state index contributed by atoms with van der Waals surface area (Å²) in [6.45, 7) is 0.418. The first kappa shape index (κ1) is 18.5. The number of ether oxygens (including phenoxy) is 1. The molecule has 0 aliphatic heterocycles. The van der Waals surface area contributed by atoms with Crippen LogP contribution < -0.4 is 4.74 Å². The van der Waals surface area contributed by atoms with E-state index in [-0.39, 0.29) is 17.1 Å². The molecule has 2 heterocycles. The summed E-state index contributed by atoms with van der Waals surface area (Å²) >= 11 is 1.54. The van der Waals surface area contributed by atoms with Crippen molar-refractivity contribution in [3.05, 3.63) is 76.3 Å². The van der Waals surface area contributed by atoms with E-state index in [2.05, 4.69) is 25.6 Å². The highest BCUT2D eigenvalue weighted by Crippen LogP contribution is 2.24. The number of nitrogens with one attached hydrogen (secondary N) is 1. The number of aromatic hydroxyl groups is 1. The van der Waals surface area contributed by atoms with Crippen molar-refractivity contribution < 1.29 is 14.6 Å². The van der Waals surface area contributed by atoms with Crippen LogP contribution in [0.3, 0.4) is 0 Å². The van der Waals surface area contributed by atoms with Gasteiger partial charge in [-0.25, -0.2) is 4.98 Å². The maximum absolute atomic E-state index is 12.5. The van der Waals surface area contributed by atoms with Crippen LogP contribution >= 0.6 is 11.3 Å². The van der Waals surface area contributed by atoms with E-state index < -0.39 is 0 Å². The average molecular weight is 405 g/mol. The molecule has 8 nitrogen and oxygen atoms in total. The summed E-state index contributed by atoms with van der Waals surface area (Å²) in [5.41, 5.74) is 1.57. The number of allylic oxidation sites excluding steroid dienone is 1. The minimum atomic E-state index is -0.336. The van der Waals surface area contributed by atoms with Crippen LogP contribution in [0.1, 0.15) is 20.9 Å². The van der Waals surface area contributed by atoms with E-state index >= 15 is 0 Å². The summed E-state index contributed by atoms with van der Waals surface area (Å²) in [7, 11) is 0. The topological polar surface area (TPSA) is 114 Å². The number of hydrogen-bond acceptors (Lipinski definition) is 8. The van der Waals surface area contributed by atoms with Gasteiger partial charge >= 0.3 is 0 Å². The van der Waals surface area contributed by atoms with Crippen LogP contribution in [0.2, 0.25) is 0 Å². The zero-order chi connectivity index (χ0) is 20.1. The maximum Gasteiger partial charge on any atom is 0.204 e. The predicted molar refractivity (Wildman–Crippen MR) is 108 cm³/mol. The zero-order valence-electron chi connectivity index (χ0n) is 15.0. The molecular formula is C20H15N5O3S. The molecule has 0 fully saturated rings. The van der Waals surface area contributed by atoms with E-state index in [1.807, 2.05) is 29.6 Å². The van der Waals surface area contributed by atoms with Crippen LogP contribution in [0.25, 0.3) is 17.5 Å². The van der Waals surface area contributed by atoms with Crippen molar-refractivity contribution in [1.82, 2.24) is 25.6 Å². The van der Waals surface area contributed by atoms with Gasteiger partial charge in [0.15, 0.2) is 5.78 Å². The molecule has 0 unspecified atom stereocenters. The Morgan fingerprint density at radius 1 is 1.21 bits per heavy atom. The van der Waals surface area contributed by atoms with Crippen LogP contribution in [0, 0.1) is 0 Å². The van der Waals surface area contributed by atoms with Crippen LogP contribution in [-0.2, 0) is 6.61 Å². The number of aromatic amines is 1. The van der Waals surface area contributed by atoms with Gasteiger partial charge in [-0.05, 0) is 47.2 Å². The number of rotatable bonds is 7. The van der Waals surface area contributed by atoms with Crippen LogP contribution in [0.4, 0.5) is 0 Å². The van der Waals surface area contributed by atoms with Crippen molar-refractivity contribution >= 4 is 23.2 Å². The van der Waals surface area contributed by atoms with Crippen LogP contribution in [0.5, 0.6) is 11.5 Å². The van der Waals surface area contributed by atoms with E-state index in [0.717, 1.165) is 10.6 Å². The highest BCUT2D eigenvalue weighted by Gasteiger charge is 2.12. The van der Waals surface area contributed by atoms with Crippen LogP contribution in [0.15, 0.2) is 60.1 Å². The number of benzene rings is 2. The molecule has 29 heavy (non-hydrogen) atoms. The molecular weight excluding hydrogens is 390 g/mol. The Balaban J connectivity index is 1.43. The van der Waals surface area contributed by atoms with Gasteiger partial charge in [-0.15, -0.1) is 21.5 Å². The summed E-state index contributed by atoms with van der Waals surface area (Å²) in [5.74, 6) is 0.611. The quantitative estimate of drug-likeness (QED) is 0.357. The molecule has 0 aliphatic rings. The second kappa shape index (κ2) is 8.44. The summed E-state index contributed by atoms with van der Waals surface area (Å²) < 4.78 is 5.67. The number of tetrazole rings is 1. The van der Waals surface area contributed by atoms with Crippen LogP contribution in [-0.4, -0.2) is 36.5 Å². The summed E-state index contributed by atoms with van der Waals surface area (Å²) in [6.07, 6.45) is 4.82. The van der Waals surface area contributed by atoms with Crippen molar-refractivity contribution in [2.24, 2.45) is 0 Å². The maximum atomic E-state index is 12.5. The Morgan fingerprint density at radius 2 is 2.07 bits per heavy atom. The summed E-state index contributed by atoms with van der Waals surface area (Å²) in [4.78, 5) is 16.7. The molecule has 0 aliphatic carbocycles. The third kappa shape index (κ3) is 4.53. The molecule has 4 rings (SSSR count). The predicted octanol–water partition coefficient (Wildman–Crippen LogP) is 3.50. The van der Waals surface area contributed by atoms with Crippen molar-refractivity contribution in [2.75, 3.05) is 0 Å². The lowest BCUT2D eigenvalue weighted by atomic mass is 10.0. The SMILES string of the molecule is O=C(/C=C/c1ccc(OCc2nccs2)cc1)c1cc(-c2nn[nH]n2)ccc1O. The number of ketones is 1. The third-order valence-corrected chi connectivity index (χ3v) is 4.77. The second-order valence-corrected chi connectivity index (χ2v) is 6.93. The fraction of sp³-hybridized carbons (Fsp3) is 0.0500. The normalized spacial score (nSPS) is 11.0. The van der Waals surface area contributed by atoms with Crippen molar-refractivity contribution in [3.8, 4) is 22.9 Å². The Kier molecular flexibility index (Phi) is 5.39. The summed E-state index contributed by atoms with van der Waals surface area (Å²) in [6, 6.07) is 11.9. The first-order valence-electron chi connectivity index (χ1n) is 8.59. The van der Waals surface area contributed by atoms with E-state index in [1.165, 1.54) is 29.5 Å². The molecule has 9 heteroatoms. The first-order valence-corrected chi connectivity index (χ1v) is 9.47. The zero-order valence-corrected chi connectivity index (χ0v) is 15.8. The Hall–Kier alpha value is -3.85. The Morgan fingerprint density at radius 3 is 2.79 bits per heavy atom. The highest BCUT2D eigenvalue weighted by atomic mass is 32.1. The lowest BCUT2D eigenvalue weighted by Crippen LogP contribution is -1.96. The highest BCUT2D eigenvalue weighted by molar-refractivity contribution is 7.09. The second-order valence-electron chi connectivity index (χ2n) is 5.95. The van der Waals surface area contributed by atoms with Gasteiger partial charge in [0.05, 0.1) is 5.56 Å². The first-order chi connectivity index (χ1) is 14.2. The molecule has 0 saturated carbocycles. The number of carbonyl (C=O) groups excluding carboxylic acids is 1. The Labute approximate surface area is 169 Å². The van der Waals surface area contributed by atoms with E-state index in [1.54, 1.807) is 18.3 Å². The fourth-order valence-corrected chi connectivity index (χ4v) is 3.09. The van der Waals surface area contributed by atoms with Gasteiger partial charge < -0.3 is 9.84 Å². The smallest absolute Gasteiger partial charge is 0.204 e. The van der Waals surface area contributed by atoms with Gasteiger partial charge in [0.2, 0.25) is 5.82 Å². The van der Waals surface area contributed by atoms with Gasteiger partial charge in [-0.3, -0.25) is 4.79 Å². The van der Waals surface area contributed by atoms with Gasteiger partial charge in [0.25, 0.3) is 0 Å². The van der Waals surface area contributed by atoms with Crippen molar-refractivity contribution in [1.29, 1.82) is 0 Å². The van der Waals surface area contributed by atoms with Gasteiger partial charge in [0.1, 0.15) is 23.1 Å². The number of nitrogens with zero attached hydrogens (tertiary/aromatic N) is 4. The fourth-order valence-electron chi connectivity index (χ4n) is 2.56. The number of H-pyrrole nitrogens is 1. The minimum Gasteiger partial charge on any atom is -0.507 e. The van der Waals surface area contributed by atoms with Crippen molar-refractivity contribution in [3.63, 3.8) is 0 Å². The monoisotopic (exact) mass is 405 g/mol. The number of phenols is 1. The molecule has 0 bridgehead atoms. The average Bonchev–Trinajstić information content (AvgIpc) is 3.46. The molecule has 0 atom stereocenters. The van der Waals surface area contributed by atoms with Gasteiger partial charge in [0, 0.05) is 17.1 Å². The summed E-state index contributed by atoms with van der Waals surface area (Å²) in [5, 5.41) is 26.4. The number of hydrogen-bond donors (Lipinski definition) is 2. The largest absolute Gasteiger partial charge is 0.507 e. The minimum absolute atomic E-state index is 0.113. The van der Waals surface area contributed by atoms with E-state index in [9.17, 15) is 9.90 Å².